The van der Waals surface area contributed by atoms with Crippen LogP contribution in [-0.2, 0) is 0 Å². The molecule has 3 aliphatic carbocycles. The Morgan fingerprint density at radius 1 is 0.769 bits per heavy atom. The molecule has 2 heteroatoms. The van der Waals surface area contributed by atoms with E-state index in [4.69, 9.17) is 0 Å². The van der Waals surface area contributed by atoms with Crippen molar-refractivity contribution in [2.24, 2.45) is 23.7 Å². The van der Waals surface area contributed by atoms with E-state index < -0.39 is 0 Å². The van der Waals surface area contributed by atoms with Crippen LogP contribution in [0.5, 0.6) is 0 Å². The smallest absolute Gasteiger partial charge is 0.0462 e. The van der Waals surface area contributed by atoms with Crippen molar-refractivity contribution >= 4 is 0 Å². The molecule has 13 heavy (non-hydrogen) atoms. The van der Waals surface area contributed by atoms with Crippen molar-refractivity contribution in [1.82, 2.24) is 0 Å². The summed E-state index contributed by atoms with van der Waals surface area (Å²) in [5, 5.41) is 18.5. The van der Waals surface area contributed by atoms with Crippen molar-refractivity contribution in [1.29, 1.82) is 0 Å². The molecule has 2 bridgehead atoms. The molecule has 0 spiro atoms. The van der Waals surface area contributed by atoms with Gasteiger partial charge in [0.15, 0.2) is 0 Å². The number of aliphatic hydroxyl groups excluding tert-OH is 2. The van der Waals surface area contributed by atoms with Gasteiger partial charge in [-0.15, -0.1) is 0 Å². The topological polar surface area (TPSA) is 40.5 Å². The third-order valence-corrected chi connectivity index (χ3v) is 4.22. The average molecular weight is 184 g/mol. The Morgan fingerprint density at radius 2 is 1.15 bits per heavy atom. The Bertz CT molecular complexity index is 143. The first kappa shape index (κ1) is 9.47. The van der Waals surface area contributed by atoms with E-state index in [9.17, 15) is 10.2 Å². The maximum Gasteiger partial charge on any atom is 0.0462 e. The first-order valence-electron chi connectivity index (χ1n) is 5.57. The van der Waals surface area contributed by atoms with Crippen LogP contribution in [0.2, 0.25) is 0 Å². The number of rotatable bonds is 2. The van der Waals surface area contributed by atoms with Crippen LogP contribution in [0, 0.1) is 23.7 Å². The number of hydrogen-bond donors (Lipinski definition) is 2. The zero-order valence-corrected chi connectivity index (χ0v) is 8.15. The summed E-state index contributed by atoms with van der Waals surface area (Å²) < 4.78 is 0. The van der Waals surface area contributed by atoms with Gasteiger partial charge in [-0.25, -0.2) is 0 Å². The Kier molecular flexibility index (Phi) is 2.89. The van der Waals surface area contributed by atoms with E-state index in [1.807, 2.05) is 0 Å². The highest BCUT2D eigenvalue weighted by atomic mass is 16.3. The summed E-state index contributed by atoms with van der Waals surface area (Å²) in [5.74, 6) is 2.45. The fourth-order valence-electron chi connectivity index (χ4n) is 3.31. The van der Waals surface area contributed by atoms with Crippen molar-refractivity contribution in [3.8, 4) is 0 Å². The molecule has 76 valence electrons. The molecule has 0 amide bonds. The van der Waals surface area contributed by atoms with Gasteiger partial charge >= 0.3 is 0 Å². The fourth-order valence-corrected chi connectivity index (χ4v) is 3.31. The third kappa shape index (κ3) is 1.75. The minimum atomic E-state index is 0.327. The molecule has 2 unspecified atom stereocenters. The summed E-state index contributed by atoms with van der Waals surface area (Å²) in [5.41, 5.74) is 0. The second-order valence-corrected chi connectivity index (χ2v) is 4.80. The van der Waals surface area contributed by atoms with Gasteiger partial charge in [-0.3, -0.25) is 0 Å². The normalized spacial score (nSPS) is 44.8. The lowest BCUT2D eigenvalue weighted by molar-refractivity contribution is 0.138. The van der Waals surface area contributed by atoms with E-state index in [0.717, 1.165) is 18.3 Å². The van der Waals surface area contributed by atoms with Gasteiger partial charge in [-0.05, 0) is 55.8 Å². The van der Waals surface area contributed by atoms with Crippen LogP contribution < -0.4 is 0 Å². The van der Waals surface area contributed by atoms with Crippen LogP contribution in [-0.4, -0.2) is 23.4 Å². The van der Waals surface area contributed by atoms with Crippen LogP contribution in [0.15, 0.2) is 0 Å². The molecule has 0 aliphatic heterocycles. The molecule has 2 atom stereocenters. The predicted octanol–water partition coefficient (Wildman–Crippen LogP) is 1.41. The maximum atomic E-state index is 9.27. The van der Waals surface area contributed by atoms with E-state index in [1.165, 1.54) is 25.7 Å². The van der Waals surface area contributed by atoms with Crippen LogP contribution in [0.1, 0.15) is 32.1 Å². The van der Waals surface area contributed by atoms with Crippen LogP contribution in [0.4, 0.5) is 0 Å². The Balaban J connectivity index is 2.09. The molecule has 3 rings (SSSR count). The highest BCUT2D eigenvalue weighted by molar-refractivity contribution is 4.87. The summed E-state index contributed by atoms with van der Waals surface area (Å²) in [4.78, 5) is 0. The Labute approximate surface area is 80.0 Å². The van der Waals surface area contributed by atoms with Crippen LogP contribution in [0.3, 0.4) is 0 Å². The quantitative estimate of drug-likeness (QED) is 0.681. The minimum Gasteiger partial charge on any atom is -0.396 e. The molecule has 0 aromatic heterocycles. The molecule has 3 fully saturated rings. The van der Waals surface area contributed by atoms with Gasteiger partial charge in [-0.2, -0.15) is 0 Å². The van der Waals surface area contributed by atoms with E-state index in [2.05, 4.69) is 0 Å². The summed E-state index contributed by atoms with van der Waals surface area (Å²) in [6.45, 7) is 0.655. The molecule has 0 saturated heterocycles. The number of fused-ring (bicyclic) bond motifs is 4. The van der Waals surface area contributed by atoms with Crippen molar-refractivity contribution < 1.29 is 10.2 Å². The Hall–Kier alpha value is -0.0800. The molecule has 0 aromatic carbocycles. The lowest BCUT2D eigenvalue weighted by Crippen LogP contribution is -2.18. The molecular formula is C11H20O2. The fraction of sp³-hybridized carbons (Fsp3) is 1.00. The monoisotopic (exact) mass is 184 g/mol. The standard InChI is InChI=1S/C11H20O2/c12-6-10-5-11(7-13)9-2-1-8(10)3-4-9/h8-13H,1-7H2. The Morgan fingerprint density at radius 3 is 1.46 bits per heavy atom. The van der Waals surface area contributed by atoms with Gasteiger partial charge in [0.05, 0.1) is 0 Å². The second-order valence-electron chi connectivity index (χ2n) is 4.80. The van der Waals surface area contributed by atoms with Gasteiger partial charge in [-0.1, -0.05) is 0 Å². The molecule has 3 saturated carbocycles. The number of hydrogen-bond acceptors (Lipinski definition) is 2. The minimum absolute atomic E-state index is 0.327. The van der Waals surface area contributed by atoms with E-state index >= 15 is 0 Å². The van der Waals surface area contributed by atoms with Crippen molar-refractivity contribution in [3.63, 3.8) is 0 Å². The highest BCUT2D eigenvalue weighted by Gasteiger charge is 2.37. The molecular weight excluding hydrogens is 164 g/mol. The van der Waals surface area contributed by atoms with E-state index in [-0.39, 0.29) is 0 Å². The molecule has 0 radical (unpaired) electrons. The number of aliphatic hydroxyl groups is 2. The van der Waals surface area contributed by atoms with Gasteiger partial charge in [0.1, 0.15) is 0 Å². The zero-order chi connectivity index (χ0) is 9.26. The van der Waals surface area contributed by atoms with Crippen LogP contribution in [0.25, 0.3) is 0 Å². The lowest BCUT2D eigenvalue weighted by atomic mass is 9.79. The average Bonchev–Trinajstić information content (AvgIpc) is 2.46. The highest BCUT2D eigenvalue weighted by Crippen LogP contribution is 2.44. The van der Waals surface area contributed by atoms with Crippen molar-refractivity contribution in [3.05, 3.63) is 0 Å². The molecule has 2 nitrogen and oxygen atoms in total. The SMILES string of the molecule is OCC1CC(CO)C2CCC1CC2. The van der Waals surface area contributed by atoms with E-state index in [0.29, 0.717) is 25.0 Å². The van der Waals surface area contributed by atoms with Gasteiger partial charge in [0, 0.05) is 13.2 Å². The van der Waals surface area contributed by atoms with E-state index in [1.54, 1.807) is 0 Å². The summed E-state index contributed by atoms with van der Waals surface area (Å²) in [7, 11) is 0. The third-order valence-electron chi connectivity index (χ3n) is 4.22. The largest absolute Gasteiger partial charge is 0.396 e. The molecule has 3 aliphatic rings. The molecule has 2 N–H and O–H groups in total. The lowest BCUT2D eigenvalue weighted by Gasteiger charge is -2.27. The molecule has 0 aromatic rings. The summed E-state index contributed by atoms with van der Waals surface area (Å²) in [6.07, 6.45) is 6.19. The van der Waals surface area contributed by atoms with Crippen molar-refractivity contribution in [2.45, 2.75) is 32.1 Å². The summed E-state index contributed by atoms with van der Waals surface area (Å²) >= 11 is 0. The predicted molar refractivity (Wildman–Crippen MR) is 51.2 cm³/mol. The first-order chi connectivity index (χ1) is 6.35. The zero-order valence-electron chi connectivity index (χ0n) is 8.15. The maximum absolute atomic E-state index is 9.27. The van der Waals surface area contributed by atoms with Gasteiger partial charge in [0.2, 0.25) is 0 Å². The first-order valence-corrected chi connectivity index (χ1v) is 5.57. The van der Waals surface area contributed by atoms with Gasteiger partial charge < -0.3 is 10.2 Å². The molecule has 0 heterocycles. The second kappa shape index (κ2) is 3.97. The van der Waals surface area contributed by atoms with Crippen molar-refractivity contribution in [2.75, 3.05) is 13.2 Å². The van der Waals surface area contributed by atoms with Crippen LogP contribution >= 0.6 is 0 Å². The van der Waals surface area contributed by atoms with Gasteiger partial charge in [0.25, 0.3) is 0 Å². The summed E-state index contributed by atoms with van der Waals surface area (Å²) in [6, 6.07) is 0.